The van der Waals surface area contributed by atoms with E-state index in [-0.39, 0.29) is 12.1 Å². The molecule has 0 saturated carbocycles. The number of hydrogen-bond donors (Lipinski definition) is 1. The van der Waals surface area contributed by atoms with Gasteiger partial charge in [0.25, 0.3) is 5.56 Å². The van der Waals surface area contributed by atoms with Gasteiger partial charge < -0.3 is 10.3 Å². The number of benzene rings is 1. The van der Waals surface area contributed by atoms with Gasteiger partial charge in [-0.3, -0.25) is 4.79 Å². The minimum absolute atomic E-state index is 0.0422. The first-order valence-electron chi connectivity index (χ1n) is 7.94. The second-order valence-corrected chi connectivity index (χ2v) is 6.41. The first kappa shape index (κ1) is 16.5. The molecule has 0 amide bonds. The average molecular weight is 298 g/mol. The molecular weight excluding hydrogens is 272 g/mol. The normalized spacial score (nSPS) is 11.2. The lowest BCUT2D eigenvalue weighted by Crippen LogP contribution is -2.27. The standard InChI is InChI=1S/C19H26N2O/c1-13(2)9-10-21-18(8-6-16(12-20)19(21)22)17-7-5-14(3)11-15(17)4/h5-8,11,13H,9-10,12,20H2,1-4H3. The molecule has 0 aliphatic rings. The summed E-state index contributed by atoms with van der Waals surface area (Å²) < 4.78 is 1.89. The third-order valence-corrected chi connectivity index (χ3v) is 4.06. The molecule has 3 nitrogen and oxygen atoms in total. The SMILES string of the molecule is Cc1ccc(-c2ccc(CN)c(=O)n2CCC(C)C)c(C)c1. The Morgan fingerprint density at radius 3 is 2.45 bits per heavy atom. The number of hydrogen-bond acceptors (Lipinski definition) is 2. The molecule has 2 rings (SSSR count). The summed E-state index contributed by atoms with van der Waals surface area (Å²) in [7, 11) is 0. The van der Waals surface area contributed by atoms with Gasteiger partial charge in [-0.2, -0.15) is 0 Å². The fourth-order valence-electron chi connectivity index (χ4n) is 2.72. The summed E-state index contributed by atoms with van der Waals surface area (Å²) in [5, 5.41) is 0. The van der Waals surface area contributed by atoms with Crippen molar-refractivity contribution >= 4 is 0 Å². The Morgan fingerprint density at radius 2 is 1.86 bits per heavy atom. The summed E-state index contributed by atoms with van der Waals surface area (Å²) in [5.74, 6) is 0.556. The molecule has 0 fully saturated rings. The minimum atomic E-state index is 0.0422. The second-order valence-electron chi connectivity index (χ2n) is 6.41. The highest BCUT2D eigenvalue weighted by Gasteiger charge is 2.12. The van der Waals surface area contributed by atoms with Crippen molar-refractivity contribution in [2.75, 3.05) is 0 Å². The molecule has 0 unspecified atom stereocenters. The Kier molecular flexibility index (Phi) is 5.19. The molecule has 1 aromatic carbocycles. The van der Waals surface area contributed by atoms with Gasteiger partial charge in [0.1, 0.15) is 0 Å². The summed E-state index contributed by atoms with van der Waals surface area (Å²) >= 11 is 0. The summed E-state index contributed by atoms with van der Waals surface area (Å²) in [6, 6.07) is 10.2. The molecule has 0 aliphatic carbocycles. The molecule has 22 heavy (non-hydrogen) atoms. The van der Waals surface area contributed by atoms with E-state index in [1.54, 1.807) is 0 Å². The van der Waals surface area contributed by atoms with Gasteiger partial charge in [-0.05, 0) is 37.8 Å². The topological polar surface area (TPSA) is 48.0 Å². The molecule has 0 spiro atoms. The van der Waals surface area contributed by atoms with E-state index in [4.69, 9.17) is 5.73 Å². The van der Waals surface area contributed by atoms with Gasteiger partial charge >= 0.3 is 0 Å². The zero-order chi connectivity index (χ0) is 16.3. The lowest BCUT2D eigenvalue weighted by atomic mass is 10.0. The van der Waals surface area contributed by atoms with Gasteiger partial charge in [0.2, 0.25) is 0 Å². The number of aryl methyl sites for hydroxylation is 2. The van der Waals surface area contributed by atoms with Gasteiger partial charge in [-0.1, -0.05) is 43.7 Å². The molecule has 0 radical (unpaired) electrons. The van der Waals surface area contributed by atoms with E-state index in [1.165, 1.54) is 11.1 Å². The average Bonchev–Trinajstić information content (AvgIpc) is 2.46. The number of nitrogens with zero attached hydrogens (tertiary/aromatic N) is 1. The summed E-state index contributed by atoms with van der Waals surface area (Å²) in [6.45, 7) is 9.54. The molecule has 1 heterocycles. The fraction of sp³-hybridized carbons (Fsp3) is 0.421. The zero-order valence-electron chi connectivity index (χ0n) is 14.0. The summed E-state index contributed by atoms with van der Waals surface area (Å²) in [4.78, 5) is 12.7. The van der Waals surface area contributed by atoms with E-state index in [2.05, 4.69) is 45.9 Å². The minimum Gasteiger partial charge on any atom is -0.326 e. The molecule has 2 N–H and O–H groups in total. The number of nitrogens with two attached hydrogens (primary N) is 1. The van der Waals surface area contributed by atoms with E-state index in [9.17, 15) is 4.79 Å². The molecule has 0 aliphatic heterocycles. The molecule has 3 heteroatoms. The maximum atomic E-state index is 12.7. The maximum Gasteiger partial charge on any atom is 0.255 e. The predicted octanol–water partition coefficient (Wildman–Crippen LogP) is 3.64. The van der Waals surface area contributed by atoms with Crippen LogP contribution < -0.4 is 11.3 Å². The van der Waals surface area contributed by atoms with E-state index >= 15 is 0 Å². The van der Waals surface area contributed by atoms with Crippen LogP contribution in [-0.2, 0) is 13.1 Å². The van der Waals surface area contributed by atoms with Crippen LogP contribution in [0.5, 0.6) is 0 Å². The van der Waals surface area contributed by atoms with Crippen molar-refractivity contribution < 1.29 is 0 Å². The molecule has 1 aromatic heterocycles. The highest BCUT2D eigenvalue weighted by Crippen LogP contribution is 2.24. The number of rotatable bonds is 5. The van der Waals surface area contributed by atoms with Crippen LogP contribution in [0.2, 0.25) is 0 Å². The lowest BCUT2D eigenvalue weighted by Gasteiger charge is -2.17. The van der Waals surface area contributed by atoms with Crippen LogP contribution in [0.15, 0.2) is 35.1 Å². The highest BCUT2D eigenvalue weighted by molar-refractivity contribution is 5.64. The monoisotopic (exact) mass is 298 g/mol. The summed E-state index contributed by atoms with van der Waals surface area (Å²) in [6.07, 6.45) is 0.978. The van der Waals surface area contributed by atoms with E-state index in [1.807, 2.05) is 16.7 Å². The van der Waals surface area contributed by atoms with Crippen molar-refractivity contribution in [1.29, 1.82) is 0 Å². The molecule has 2 aromatic rings. The van der Waals surface area contributed by atoms with Crippen molar-refractivity contribution in [3.63, 3.8) is 0 Å². The van der Waals surface area contributed by atoms with Crippen molar-refractivity contribution in [3.05, 3.63) is 57.4 Å². The highest BCUT2D eigenvalue weighted by atomic mass is 16.1. The van der Waals surface area contributed by atoms with Crippen LogP contribution in [0.25, 0.3) is 11.3 Å². The third kappa shape index (κ3) is 3.47. The van der Waals surface area contributed by atoms with E-state index in [0.717, 1.165) is 24.2 Å². The quantitative estimate of drug-likeness (QED) is 0.916. The summed E-state index contributed by atoms with van der Waals surface area (Å²) in [5.41, 5.74) is 11.0. The Labute approximate surface area is 132 Å². The molecule has 118 valence electrons. The first-order valence-corrected chi connectivity index (χ1v) is 7.94. The fourth-order valence-corrected chi connectivity index (χ4v) is 2.72. The van der Waals surface area contributed by atoms with E-state index in [0.29, 0.717) is 11.5 Å². The van der Waals surface area contributed by atoms with Crippen LogP contribution in [0.4, 0.5) is 0 Å². The number of aromatic nitrogens is 1. The van der Waals surface area contributed by atoms with Crippen molar-refractivity contribution in [2.24, 2.45) is 11.7 Å². The van der Waals surface area contributed by atoms with Crippen molar-refractivity contribution in [1.82, 2.24) is 4.57 Å². The zero-order valence-corrected chi connectivity index (χ0v) is 14.0. The van der Waals surface area contributed by atoms with Crippen molar-refractivity contribution in [3.8, 4) is 11.3 Å². The van der Waals surface area contributed by atoms with Crippen molar-refractivity contribution in [2.45, 2.75) is 47.2 Å². The van der Waals surface area contributed by atoms with Crippen LogP contribution in [0.1, 0.15) is 37.0 Å². The molecule has 0 atom stereocenters. The largest absolute Gasteiger partial charge is 0.326 e. The molecule has 0 saturated heterocycles. The van der Waals surface area contributed by atoms with Gasteiger partial charge in [-0.15, -0.1) is 0 Å². The molecular formula is C19H26N2O. The van der Waals surface area contributed by atoms with E-state index < -0.39 is 0 Å². The van der Waals surface area contributed by atoms with Crippen LogP contribution in [-0.4, -0.2) is 4.57 Å². The third-order valence-electron chi connectivity index (χ3n) is 4.06. The van der Waals surface area contributed by atoms with Crippen LogP contribution in [0, 0.1) is 19.8 Å². The van der Waals surface area contributed by atoms with Gasteiger partial charge in [0, 0.05) is 24.2 Å². The Hall–Kier alpha value is -1.87. The second kappa shape index (κ2) is 6.93. The number of pyridine rings is 1. The maximum absolute atomic E-state index is 12.7. The van der Waals surface area contributed by atoms with Gasteiger partial charge in [0.15, 0.2) is 0 Å². The predicted molar refractivity (Wildman–Crippen MR) is 93.0 cm³/mol. The molecule has 0 bridgehead atoms. The first-order chi connectivity index (χ1) is 10.4. The Bertz CT molecular complexity index is 714. The Balaban J connectivity index is 2.59. The van der Waals surface area contributed by atoms with Gasteiger partial charge in [0.05, 0.1) is 5.69 Å². The lowest BCUT2D eigenvalue weighted by molar-refractivity contribution is 0.509. The van der Waals surface area contributed by atoms with Crippen LogP contribution in [0.3, 0.4) is 0 Å². The van der Waals surface area contributed by atoms with Gasteiger partial charge in [-0.25, -0.2) is 0 Å². The van der Waals surface area contributed by atoms with Crippen LogP contribution >= 0.6 is 0 Å². The Morgan fingerprint density at radius 1 is 1.14 bits per heavy atom. The smallest absolute Gasteiger partial charge is 0.255 e.